The third-order valence-corrected chi connectivity index (χ3v) is 2.99. The molecule has 0 fully saturated rings. The Labute approximate surface area is 114 Å². The van der Waals surface area contributed by atoms with Gasteiger partial charge in [0, 0.05) is 19.3 Å². The zero-order chi connectivity index (χ0) is 13.5. The summed E-state index contributed by atoms with van der Waals surface area (Å²) in [7, 11) is 2.08. The first-order chi connectivity index (χ1) is 9.29. The maximum Gasteiger partial charge on any atom is 0.141 e. The zero-order valence-electron chi connectivity index (χ0n) is 11.7. The molecular weight excluding hydrogens is 238 g/mol. The van der Waals surface area contributed by atoms with Crippen molar-refractivity contribution in [1.82, 2.24) is 24.6 Å². The minimum absolute atomic E-state index is 0.792. The minimum atomic E-state index is 0.792. The third-order valence-electron chi connectivity index (χ3n) is 2.99. The minimum Gasteiger partial charge on any atom is -0.293 e. The van der Waals surface area contributed by atoms with Gasteiger partial charge in [-0.15, -0.1) is 0 Å². The number of aryl methyl sites for hydroxylation is 1. The molecule has 19 heavy (non-hydrogen) atoms. The lowest BCUT2D eigenvalue weighted by Gasteiger charge is -2.16. The Morgan fingerprint density at radius 2 is 2.11 bits per heavy atom. The van der Waals surface area contributed by atoms with Crippen LogP contribution < -0.4 is 0 Å². The normalized spacial score (nSPS) is 11.1. The molecule has 2 rings (SSSR count). The van der Waals surface area contributed by atoms with E-state index in [4.69, 9.17) is 0 Å². The summed E-state index contributed by atoms with van der Waals surface area (Å²) in [4.78, 5) is 10.9. The molecule has 0 saturated heterocycles. The fraction of sp³-hybridized carbons (Fsp3) is 0.500. The van der Waals surface area contributed by atoms with Crippen molar-refractivity contribution in [2.45, 2.75) is 39.4 Å². The molecule has 2 heterocycles. The Bertz CT molecular complexity index is 480. The predicted molar refractivity (Wildman–Crippen MR) is 74.3 cm³/mol. The lowest BCUT2D eigenvalue weighted by atomic mass is 10.3. The maximum absolute atomic E-state index is 4.34. The number of hydrogen-bond donors (Lipinski definition) is 0. The molecular formula is C14H21N5. The molecule has 0 spiro atoms. The van der Waals surface area contributed by atoms with E-state index in [9.17, 15) is 0 Å². The van der Waals surface area contributed by atoms with Gasteiger partial charge in [-0.05, 0) is 25.6 Å². The van der Waals surface area contributed by atoms with Gasteiger partial charge in [0.15, 0.2) is 0 Å². The maximum atomic E-state index is 4.34. The number of nitrogens with zero attached hydrogens (tertiary/aromatic N) is 5. The van der Waals surface area contributed by atoms with Crippen molar-refractivity contribution < 1.29 is 0 Å². The van der Waals surface area contributed by atoms with Gasteiger partial charge in [-0.1, -0.05) is 19.4 Å². The second-order valence-electron chi connectivity index (χ2n) is 4.75. The highest BCUT2D eigenvalue weighted by Gasteiger charge is 2.08. The number of aromatic nitrogens is 4. The van der Waals surface area contributed by atoms with Crippen LogP contribution in [0.5, 0.6) is 0 Å². The van der Waals surface area contributed by atoms with Crippen molar-refractivity contribution >= 4 is 0 Å². The molecule has 0 amide bonds. The van der Waals surface area contributed by atoms with E-state index in [1.807, 2.05) is 29.1 Å². The van der Waals surface area contributed by atoms with Crippen LogP contribution in [0, 0.1) is 0 Å². The first kappa shape index (κ1) is 13.7. The molecule has 0 aliphatic carbocycles. The average Bonchev–Trinajstić information content (AvgIpc) is 2.84. The molecule has 0 radical (unpaired) electrons. The number of hydrogen-bond acceptors (Lipinski definition) is 4. The topological polar surface area (TPSA) is 46.8 Å². The average molecular weight is 259 g/mol. The molecule has 0 atom stereocenters. The Hall–Kier alpha value is -1.75. The van der Waals surface area contributed by atoms with Gasteiger partial charge in [0.05, 0.1) is 12.2 Å². The van der Waals surface area contributed by atoms with Gasteiger partial charge in [-0.2, -0.15) is 5.10 Å². The summed E-state index contributed by atoms with van der Waals surface area (Å²) in [5.74, 6) is 1.02. The molecule has 0 aliphatic heterocycles. The van der Waals surface area contributed by atoms with E-state index in [-0.39, 0.29) is 0 Å². The van der Waals surface area contributed by atoms with Crippen LogP contribution >= 0.6 is 0 Å². The predicted octanol–water partition coefficient (Wildman–Crippen LogP) is 2.11. The highest BCUT2D eigenvalue weighted by atomic mass is 15.3. The number of unbranched alkanes of at least 4 members (excludes halogenated alkanes) is 1. The molecule has 0 bridgehead atoms. The van der Waals surface area contributed by atoms with Crippen LogP contribution in [-0.4, -0.2) is 31.7 Å². The Kier molecular flexibility index (Phi) is 5.03. The van der Waals surface area contributed by atoms with Crippen LogP contribution in [0.2, 0.25) is 0 Å². The SMILES string of the molecule is CCCCn1ncnc1CN(C)Cc1ccccn1. The van der Waals surface area contributed by atoms with Crippen molar-refractivity contribution in [1.29, 1.82) is 0 Å². The van der Waals surface area contributed by atoms with Crippen molar-refractivity contribution in [3.63, 3.8) is 0 Å². The molecule has 5 heteroatoms. The van der Waals surface area contributed by atoms with Crippen molar-refractivity contribution in [3.8, 4) is 0 Å². The lowest BCUT2D eigenvalue weighted by Crippen LogP contribution is -2.21. The molecule has 5 nitrogen and oxygen atoms in total. The van der Waals surface area contributed by atoms with Crippen molar-refractivity contribution in [2.75, 3.05) is 7.05 Å². The summed E-state index contributed by atoms with van der Waals surface area (Å²) in [5.41, 5.74) is 1.07. The fourth-order valence-electron chi connectivity index (χ4n) is 1.97. The highest BCUT2D eigenvalue weighted by molar-refractivity contribution is 5.03. The van der Waals surface area contributed by atoms with Crippen molar-refractivity contribution in [2.24, 2.45) is 0 Å². The monoisotopic (exact) mass is 259 g/mol. The molecule has 102 valence electrons. The van der Waals surface area contributed by atoms with E-state index in [1.54, 1.807) is 6.33 Å². The quantitative estimate of drug-likeness (QED) is 0.764. The Morgan fingerprint density at radius 1 is 1.21 bits per heavy atom. The van der Waals surface area contributed by atoms with E-state index < -0.39 is 0 Å². The smallest absolute Gasteiger partial charge is 0.141 e. The van der Waals surface area contributed by atoms with Gasteiger partial charge in [-0.25, -0.2) is 9.67 Å². The van der Waals surface area contributed by atoms with Crippen LogP contribution in [0.15, 0.2) is 30.7 Å². The zero-order valence-corrected chi connectivity index (χ0v) is 11.7. The standard InChI is InChI=1S/C14H21N5/c1-3-4-9-19-14(16-12-17-19)11-18(2)10-13-7-5-6-8-15-13/h5-8,12H,3-4,9-11H2,1-2H3. The van der Waals surface area contributed by atoms with Crippen LogP contribution in [-0.2, 0) is 19.6 Å². The van der Waals surface area contributed by atoms with Gasteiger partial charge in [0.1, 0.15) is 12.2 Å². The number of rotatable bonds is 7. The second-order valence-corrected chi connectivity index (χ2v) is 4.75. The Balaban J connectivity index is 1.91. The summed E-state index contributed by atoms with van der Waals surface area (Å²) >= 11 is 0. The Morgan fingerprint density at radius 3 is 2.84 bits per heavy atom. The molecule has 0 unspecified atom stereocenters. The molecule has 0 saturated carbocycles. The van der Waals surface area contributed by atoms with Gasteiger partial charge in [0.2, 0.25) is 0 Å². The van der Waals surface area contributed by atoms with E-state index in [1.165, 1.54) is 6.42 Å². The van der Waals surface area contributed by atoms with Crippen LogP contribution in [0.1, 0.15) is 31.3 Å². The largest absolute Gasteiger partial charge is 0.293 e. The van der Waals surface area contributed by atoms with Crippen LogP contribution in [0.4, 0.5) is 0 Å². The molecule has 0 N–H and O–H groups in total. The summed E-state index contributed by atoms with van der Waals surface area (Å²) in [6.07, 6.45) is 5.77. The summed E-state index contributed by atoms with van der Waals surface area (Å²) < 4.78 is 2.00. The first-order valence-electron chi connectivity index (χ1n) is 6.74. The van der Waals surface area contributed by atoms with E-state index in [2.05, 4.69) is 33.9 Å². The van der Waals surface area contributed by atoms with Crippen LogP contribution in [0.3, 0.4) is 0 Å². The number of pyridine rings is 1. The van der Waals surface area contributed by atoms with E-state index in [0.717, 1.165) is 37.6 Å². The van der Waals surface area contributed by atoms with Gasteiger partial charge in [0.25, 0.3) is 0 Å². The third kappa shape index (κ3) is 4.13. The first-order valence-corrected chi connectivity index (χ1v) is 6.74. The summed E-state index contributed by atoms with van der Waals surface area (Å²) in [5, 5.41) is 4.28. The van der Waals surface area contributed by atoms with E-state index in [0.29, 0.717) is 0 Å². The molecule has 2 aromatic heterocycles. The molecule has 0 aromatic carbocycles. The fourth-order valence-corrected chi connectivity index (χ4v) is 1.97. The summed E-state index contributed by atoms with van der Waals surface area (Å²) in [6.45, 7) is 4.74. The highest BCUT2D eigenvalue weighted by Crippen LogP contribution is 2.05. The lowest BCUT2D eigenvalue weighted by molar-refractivity contribution is 0.298. The van der Waals surface area contributed by atoms with Gasteiger partial charge >= 0.3 is 0 Å². The molecule has 2 aromatic rings. The molecule has 0 aliphatic rings. The second kappa shape index (κ2) is 6.99. The van der Waals surface area contributed by atoms with Gasteiger partial charge < -0.3 is 0 Å². The van der Waals surface area contributed by atoms with E-state index >= 15 is 0 Å². The van der Waals surface area contributed by atoms with Gasteiger partial charge in [-0.3, -0.25) is 9.88 Å². The van der Waals surface area contributed by atoms with Crippen LogP contribution in [0.25, 0.3) is 0 Å². The van der Waals surface area contributed by atoms with Crippen molar-refractivity contribution in [3.05, 3.63) is 42.2 Å². The summed E-state index contributed by atoms with van der Waals surface area (Å²) in [6, 6.07) is 5.99.